The lowest BCUT2D eigenvalue weighted by molar-refractivity contribution is 0.0787. The average Bonchev–Trinajstić information content (AvgIpc) is 3.17. The fourth-order valence-electron chi connectivity index (χ4n) is 3.06. The molecule has 0 spiro atoms. The van der Waals surface area contributed by atoms with Crippen LogP contribution in [0.5, 0.6) is 11.5 Å². The molecule has 0 bridgehead atoms. The number of aromatic nitrogens is 1. The van der Waals surface area contributed by atoms with Crippen molar-refractivity contribution in [3.8, 4) is 11.5 Å². The maximum atomic E-state index is 12.7. The van der Waals surface area contributed by atoms with Gasteiger partial charge in [-0.05, 0) is 61.7 Å². The summed E-state index contributed by atoms with van der Waals surface area (Å²) in [5.74, 6) is 1.62. The summed E-state index contributed by atoms with van der Waals surface area (Å²) in [5, 5.41) is 0. The number of rotatable bonds is 7. The molecule has 1 saturated heterocycles. The minimum atomic E-state index is 0.0163. The lowest BCUT2D eigenvalue weighted by atomic mass is 10.1. The Hall–Kier alpha value is -2.60. The molecule has 0 aliphatic carbocycles. The molecule has 1 fully saturated rings. The molecule has 1 amide bonds. The number of hydrogen-bond acceptors (Lipinski definition) is 5. The highest BCUT2D eigenvalue weighted by Gasteiger charge is 2.26. The minimum Gasteiger partial charge on any atom is -0.490 e. The van der Waals surface area contributed by atoms with E-state index in [1.165, 1.54) is 0 Å². The normalized spacial score (nSPS) is 16.5. The molecule has 0 unspecified atom stereocenters. The van der Waals surface area contributed by atoms with Gasteiger partial charge in [-0.1, -0.05) is 0 Å². The van der Waals surface area contributed by atoms with E-state index in [1.54, 1.807) is 30.6 Å². The van der Waals surface area contributed by atoms with E-state index in [1.807, 2.05) is 24.0 Å². The molecule has 2 N–H and O–H groups in total. The molecular formula is C20H25N3O3. The van der Waals surface area contributed by atoms with Crippen LogP contribution >= 0.6 is 0 Å². The van der Waals surface area contributed by atoms with Crippen molar-refractivity contribution >= 4 is 5.91 Å². The molecule has 6 heteroatoms. The van der Waals surface area contributed by atoms with Crippen LogP contribution < -0.4 is 15.2 Å². The van der Waals surface area contributed by atoms with Crippen molar-refractivity contribution in [1.82, 2.24) is 9.88 Å². The minimum absolute atomic E-state index is 0.0163. The number of nitrogens with two attached hydrogens (primary N) is 1. The molecule has 1 aromatic heterocycles. The van der Waals surface area contributed by atoms with Crippen molar-refractivity contribution in [1.29, 1.82) is 0 Å². The Balaban J connectivity index is 1.72. The molecule has 2 aromatic rings. The molecule has 1 aliphatic heterocycles. The van der Waals surface area contributed by atoms with Gasteiger partial charge in [-0.3, -0.25) is 9.78 Å². The third-order valence-corrected chi connectivity index (χ3v) is 4.54. The Kier molecular flexibility index (Phi) is 6.07. The summed E-state index contributed by atoms with van der Waals surface area (Å²) in [6.45, 7) is 4.93. The van der Waals surface area contributed by atoms with Crippen LogP contribution in [-0.4, -0.2) is 42.0 Å². The Morgan fingerprint density at radius 1 is 1.23 bits per heavy atom. The van der Waals surface area contributed by atoms with Crippen molar-refractivity contribution in [2.24, 2.45) is 11.7 Å². The summed E-state index contributed by atoms with van der Waals surface area (Å²) in [6, 6.07) is 9.17. The molecule has 3 rings (SSSR count). The van der Waals surface area contributed by atoms with Gasteiger partial charge in [0.15, 0.2) is 11.5 Å². The first-order chi connectivity index (χ1) is 12.7. The number of benzene rings is 1. The van der Waals surface area contributed by atoms with Crippen LogP contribution in [0.4, 0.5) is 0 Å². The first-order valence-corrected chi connectivity index (χ1v) is 8.99. The number of hydrogen-bond donors (Lipinski definition) is 1. The quantitative estimate of drug-likeness (QED) is 0.826. The molecule has 0 radical (unpaired) electrons. The summed E-state index contributed by atoms with van der Waals surface area (Å²) in [4.78, 5) is 18.6. The molecule has 1 atom stereocenters. The van der Waals surface area contributed by atoms with E-state index in [9.17, 15) is 4.79 Å². The first kappa shape index (κ1) is 18.2. The van der Waals surface area contributed by atoms with Crippen LogP contribution in [0.15, 0.2) is 42.7 Å². The predicted molar refractivity (Wildman–Crippen MR) is 99.2 cm³/mol. The second-order valence-electron chi connectivity index (χ2n) is 6.38. The highest BCUT2D eigenvalue weighted by atomic mass is 16.5. The van der Waals surface area contributed by atoms with E-state index in [2.05, 4.69) is 4.98 Å². The van der Waals surface area contributed by atoms with Gasteiger partial charge in [-0.2, -0.15) is 0 Å². The number of amides is 1. The summed E-state index contributed by atoms with van der Waals surface area (Å²) in [7, 11) is 0. The van der Waals surface area contributed by atoms with E-state index >= 15 is 0 Å². The molecule has 138 valence electrons. The van der Waals surface area contributed by atoms with Gasteiger partial charge in [-0.15, -0.1) is 0 Å². The topological polar surface area (TPSA) is 77.7 Å². The van der Waals surface area contributed by atoms with Crippen LogP contribution in [-0.2, 0) is 6.61 Å². The second-order valence-corrected chi connectivity index (χ2v) is 6.38. The summed E-state index contributed by atoms with van der Waals surface area (Å²) in [6.07, 6.45) is 4.43. The SMILES string of the molecule is CCOc1cc(C(=O)N2CC[C@H](CN)C2)ccc1OCc1ccncc1. The monoisotopic (exact) mass is 355 g/mol. The van der Waals surface area contributed by atoms with E-state index < -0.39 is 0 Å². The Bertz CT molecular complexity index is 736. The van der Waals surface area contributed by atoms with Crippen molar-refractivity contribution in [3.63, 3.8) is 0 Å². The van der Waals surface area contributed by atoms with E-state index in [0.717, 1.165) is 25.1 Å². The molecule has 1 aromatic carbocycles. The summed E-state index contributed by atoms with van der Waals surface area (Å²) >= 11 is 0. The van der Waals surface area contributed by atoms with Gasteiger partial charge >= 0.3 is 0 Å². The molecule has 2 heterocycles. The zero-order valence-electron chi connectivity index (χ0n) is 15.1. The van der Waals surface area contributed by atoms with Crippen molar-refractivity contribution in [2.75, 3.05) is 26.2 Å². The summed E-state index contributed by atoms with van der Waals surface area (Å²) in [5.41, 5.74) is 7.36. The average molecular weight is 355 g/mol. The van der Waals surface area contributed by atoms with Crippen LogP contribution in [0, 0.1) is 5.92 Å². The summed E-state index contributed by atoms with van der Waals surface area (Å²) < 4.78 is 11.6. The van der Waals surface area contributed by atoms with Crippen LogP contribution in [0.3, 0.4) is 0 Å². The lowest BCUT2D eigenvalue weighted by Gasteiger charge is -2.18. The van der Waals surface area contributed by atoms with Gasteiger partial charge in [0.1, 0.15) is 6.61 Å². The van der Waals surface area contributed by atoms with Gasteiger partial charge in [0.05, 0.1) is 6.61 Å². The van der Waals surface area contributed by atoms with Gasteiger partial charge < -0.3 is 20.1 Å². The molecule has 1 aliphatic rings. The van der Waals surface area contributed by atoms with E-state index in [-0.39, 0.29) is 5.91 Å². The molecule has 26 heavy (non-hydrogen) atoms. The number of likely N-dealkylation sites (tertiary alicyclic amines) is 1. The highest BCUT2D eigenvalue weighted by molar-refractivity contribution is 5.95. The number of carbonyl (C=O) groups is 1. The molecule has 6 nitrogen and oxygen atoms in total. The molecule has 0 saturated carbocycles. The van der Waals surface area contributed by atoms with Crippen molar-refractivity contribution in [3.05, 3.63) is 53.9 Å². The van der Waals surface area contributed by atoms with E-state index in [4.69, 9.17) is 15.2 Å². The van der Waals surface area contributed by atoms with Crippen LogP contribution in [0.25, 0.3) is 0 Å². The smallest absolute Gasteiger partial charge is 0.254 e. The van der Waals surface area contributed by atoms with Gasteiger partial charge in [0, 0.05) is 31.0 Å². The fraction of sp³-hybridized carbons (Fsp3) is 0.400. The van der Waals surface area contributed by atoms with Crippen LogP contribution in [0.2, 0.25) is 0 Å². The number of nitrogens with zero attached hydrogens (tertiary/aromatic N) is 2. The Morgan fingerprint density at radius 2 is 2.04 bits per heavy atom. The standard InChI is InChI=1S/C20H25N3O3/c1-2-25-19-11-17(20(24)23-10-7-16(12-21)13-23)3-4-18(19)26-14-15-5-8-22-9-6-15/h3-6,8-9,11,16H,2,7,10,12-14,21H2,1H3/t16-/m1/s1. The predicted octanol–water partition coefficient (Wildman–Crippen LogP) is 2.48. The van der Waals surface area contributed by atoms with Gasteiger partial charge in [-0.25, -0.2) is 0 Å². The molecular weight excluding hydrogens is 330 g/mol. The maximum Gasteiger partial charge on any atom is 0.254 e. The lowest BCUT2D eigenvalue weighted by Crippen LogP contribution is -2.29. The van der Waals surface area contributed by atoms with Crippen LogP contribution in [0.1, 0.15) is 29.3 Å². The zero-order chi connectivity index (χ0) is 18.4. The third-order valence-electron chi connectivity index (χ3n) is 4.54. The van der Waals surface area contributed by atoms with Crippen molar-refractivity contribution < 1.29 is 14.3 Å². The number of carbonyl (C=O) groups excluding carboxylic acids is 1. The van der Waals surface area contributed by atoms with Gasteiger partial charge in [0.25, 0.3) is 5.91 Å². The van der Waals surface area contributed by atoms with E-state index in [0.29, 0.717) is 42.7 Å². The number of ether oxygens (including phenoxy) is 2. The Labute approximate surface area is 153 Å². The first-order valence-electron chi connectivity index (χ1n) is 8.99. The highest BCUT2D eigenvalue weighted by Crippen LogP contribution is 2.30. The largest absolute Gasteiger partial charge is 0.490 e. The zero-order valence-corrected chi connectivity index (χ0v) is 15.1. The third kappa shape index (κ3) is 4.32. The fourth-order valence-corrected chi connectivity index (χ4v) is 3.06. The second kappa shape index (κ2) is 8.67. The Morgan fingerprint density at radius 3 is 2.73 bits per heavy atom. The van der Waals surface area contributed by atoms with Gasteiger partial charge in [0.2, 0.25) is 0 Å². The number of pyridine rings is 1. The maximum absolute atomic E-state index is 12.7. The van der Waals surface area contributed by atoms with Crippen molar-refractivity contribution in [2.45, 2.75) is 20.0 Å².